The molecule has 6 aromatic heterocycles. The fourth-order valence-electron chi connectivity index (χ4n) is 7.62. The van der Waals surface area contributed by atoms with E-state index in [0.717, 1.165) is 93.7 Å². The third-order valence-corrected chi connectivity index (χ3v) is 9.83. The SMILES string of the molecule is c1ccc2c(-c3nc(-n4c5ccccc5c5cccnc54)c4ccc5ccc(-n6c7ccccc7c7cccnc76)nc5c4n3)cccc2c1. The molecule has 0 N–H and O–H groups in total. The summed E-state index contributed by atoms with van der Waals surface area (Å²) in [6.45, 7) is 0. The lowest BCUT2D eigenvalue weighted by atomic mass is 10.0. The van der Waals surface area contributed by atoms with Crippen molar-refractivity contribution in [2.45, 2.75) is 0 Å². The summed E-state index contributed by atoms with van der Waals surface area (Å²) in [7, 11) is 0. The molecule has 5 aromatic carbocycles. The van der Waals surface area contributed by atoms with E-state index in [4.69, 9.17) is 24.9 Å². The van der Waals surface area contributed by atoms with Gasteiger partial charge < -0.3 is 0 Å². The van der Waals surface area contributed by atoms with Crippen LogP contribution in [0.3, 0.4) is 0 Å². The van der Waals surface area contributed by atoms with Gasteiger partial charge >= 0.3 is 0 Å². The maximum atomic E-state index is 5.40. The second kappa shape index (κ2) is 10.3. The van der Waals surface area contributed by atoms with E-state index in [-0.39, 0.29) is 0 Å². The number of rotatable bonds is 3. The van der Waals surface area contributed by atoms with Gasteiger partial charge in [-0.2, -0.15) is 0 Å². The van der Waals surface area contributed by atoms with Crippen LogP contribution in [0.5, 0.6) is 0 Å². The van der Waals surface area contributed by atoms with Crippen molar-refractivity contribution < 1.29 is 0 Å². The highest BCUT2D eigenvalue weighted by Gasteiger charge is 2.21. The van der Waals surface area contributed by atoms with Crippen molar-refractivity contribution in [3.05, 3.63) is 152 Å². The van der Waals surface area contributed by atoms with Gasteiger partial charge in [0.15, 0.2) is 11.6 Å². The van der Waals surface area contributed by atoms with E-state index in [9.17, 15) is 0 Å². The Hall–Kier alpha value is -6.99. The normalized spacial score (nSPS) is 12.0. The second-order valence-electron chi connectivity index (χ2n) is 12.6. The smallest absolute Gasteiger partial charge is 0.162 e. The summed E-state index contributed by atoms with van der Waals surface area (Å²) in [5.41, 5.74) is 6.31. The first-order valence-corrected chi connectivity index (χ1v) is 16.6. The Kier molecular flexibility index (Phi) is 5.54. The molecular weight excluding hydrogens is 615 g/mol. The highest BCUT2D eigenvalue weighted by Crippen LogP contribution is 2.37. The molecule has 232 valence electrons. The average molecular weight is 640 g/mol. The second-order valence-corrected chi connectivity index (χ2v) is 12.6. The Morgan fingerprint density at radius 1 is 0.380 bits per heavy atom. The predicted molar refractivity (Wildman–Crippen MR) is 202 cm³/mol. The Labute approximate surface area is 284 Å². The van der Waals surface area contributed by atoms with Crippen LogP contribution in [0, 0.1) is 0 Å². The number of aromatic nitrogens is 7. The van der Waals surface area contributed by atoms with Crippen molar-refractivity contribution in [2.24, 2.45) is 0 Å². The number of para-hydroxylation sites is 2. The molecule has 0 atom stereocenters. The first-order chi connectivity index (χ1) is 24.8. The molecule has 50 heavy (non-hydrogen) atoms. The zero-order chi connectivity index (χ0) is 32.8. The van der Waals surface area contributed by atoms with Gasteiger partial charge in [-0.3, -0.25) is 9.13 Å². The number of hydrogen-bond donors (Lipinski definition) is 0. The van der Waals surface area contributed by atoms with Crippen LogP contribution in [-0.4, -0.2) is 34.1 Å². The molecule has 0 radical (unpaired) electrons. The van der Waals surface area contributed by atoms with Crippen LogP contribution in [0.2, 0.25) is 0 Å². The quantitative estimate of drug-likeness (QED) is 0.180. The lowest BCUT2D eigenvalue weighted by Crippen LogP contribution is -2.05. The molecule has 0 aliphatic heterocycles. The van der Waals surface area contributed by atoms with Crippen LogP contribution in [0.15, 0.2) is 152 Å². The minimum absolute atomic E-state index is 0.629. The van der Waals surface area contributed by atoms with Crippen molar-refractivity contribution in [2.75, 3.05) is 0 Å². The number of hydrogen-bond acceptors (Lipinski definition) is 5. The summed E-state index contributed by atoms with van der Waals surface area (Å²) < 4.78 is 4.32. The lowest BCUT2D eigenvalue weighted by molar-refractivity contribution is 1.05. The molecule has 0 saturated carbocycles. The van der Waals surface area contributed by atoms with Gasteiger partial charge in [0.25, 0.3) is 0 Å². The minimum atomic E-state index is 0.629. The molecular formula is C43H25N7. The van der Waals surface area contributed by atoms with Crippen molar-refractivity contribution in [3.63, 3.8) is 0 Å². The van der Waals surface area contributed by atoms with Gasteiger partial charge in [-0.05, 0) is 65.4 Å². The Morgan fingerprint density at radius 2 is 1.00 bits per heavy atom. The molecule has 7 heteroatoms. The van der Waals surface area contributed by atoms with Crippen LogP contribution >= 0.6 is 0 Å². The van der Waals surface area contributed by atoms with E-state index in [1.165, 1.54) is 0 Å². The third-order valence-electron chi connectivity index (χ3n) is 9.83. The van der Waals surface area contributed by atoms with Crippen molar-refractivity contribution in [3.8, 4) is 23.0 Å². The molecule has 0 aliphatic carbocycles. The third kappa shape index (κ3) is 3.77. The molecule has 0 unspecified atom stereocenters. The van der Waals surface area contributed by atoms with Crippen molar-refractivity contribution in [1.82, 2.24) is 34.1 Å². The predicted octanol–water partition coefficient (Wildman–Crippen LogP) is 9.98. The molecule has 7 nitrogen and oxygen atoms in total. The molecule has 0 aliphatic rings. The molecule has 0 saturated heterocycles. The number of nitrogens with zero attached hydrogens (tertiary/aromatic N) is 7. The Balaban J connectivity index is 1.29. The molecule has 6 heterocycles. The first-order valence-electron chi connectivity index (χ1n) is 16.6. The van der Waals surface area contributed by atoms with Gasteiger partial charge in [-0.25, -0.2) is 24.9 Å². The molecule has 0 fully saturated rings. The lowest BCUT2D eigenvalue weighted by Gasteiger charge is -2.15. The monoisotopic (exact) mass is 639 g/mol. The van der Waals surface area contributed by atoms with E-state index in [1.807, 2.05) is 24.5 Å². The molecule has 0 amide bonds. The molecule has 11 rings (SSSR count). The summed E-state index contributed by atoms with van der Waals surface area (Å²) in [5.74, 6) is 2.17. The van der Waals surface area contributed by atoms with Gasteiger partial charge in [0.1, 0.15) is 22.6 Å². The fraction of sp³-hybridized carbons (Fsp3) is 0. The summed E-state index contributed by atoms with van der Waals surface area (Å²) in [5, 5.41) is 8.51. The van der Waals surface area contributed by atoms with Crippen molar-refractivity contribution >= 4 is 76.5 Å². The van der Waals surface area contributed by atoms with E-state index < -0.39 is 0 Å². The average Bonchev–Trinajstić information content (AvgIpc) is 3.70. The number of benzene rings is 5. The summed E-state index contributed by atoms with van der Waals surface area (Å²) >= 11 is 0. The fourth-order valence-corrected chi connectivity index (χ4v) is 7.62. The first kappa shape index (κ1) is 27.0. The minimum Gasteiger partial charge on any atom is -0.278 e. The van der Waals surface area contributed by atoms with Crippen molar-refractivity contribution in [1.29, 1.82) is 0 Å². The van der Waals surface area contributed by atoms with Crippen LogP contribution < -0.4 is 0 Å². The standard InChI is InChI=1S/C43H25N7/c1-2-12-28-26(10-1)11-7-15-31(28)40-47-39-34(43(48-40)50-36-19-6-4-14-30(36)33-17-9-25-45-42(33)50)22-20-27-21-23-37(46-38(27)39)49-35-18-5-3-13-29(35)32-16-8-24-44-41(32)49/h1-25H. The Bertz CT molecular complexity index is 3060. The zero-order valence-electron chi connectivity index (χ0n) is 26.6. The van der Waals surface area contributed by atoms with Crippen LogP contribution in [-0.2, 0) is 0 Å². The van der Waals surface area contributed by atoms with Gasteiger partial charge in [-0.1, -0.05) is 84.9 Å². The highest BCUT2D eigenvalue weighted by molar-refractivity contribution is 6.12. The topological polar surface area (TPSA) is 74.3 Å². The van der Waals surface area contributed by atoms with E-state index in [2.05, 4.69) is 137 Å². The van der Waals surface area contributed by atoms with E-state index in [0.29, 0.717) is 5.82 Å². The summed E-state index contributed by atoms with van der Waals surface area (Å²) in [6.07, 6.45) is 3.68. The highest BCUT2D eigenvalue weighted by atomic mass is 15.1. The van der Waals surface area contributed by atoms with Gasteiger partial charge in [0.2, 0.25) is 0 Å². The zero-order valence-corrected chi connectivity index (χ0v) is 26.6. The van der Waals surface area contributed by atoms with Crippen LogP contribution in [0.4, 0.5) is 0 Å². The van der Waals surface area contributed by atoms with Crippen LogP contribution in [0.1, 0.15) is 0 Å². The van der Waals surface area contributed by atoms with Gasteiger partial charge in [-0.15, -0.1) is 0 Å². The van der Waals surface area contributed by atoms with Crippen LogP contribution in [0.25, 0.3) is 99.5 Å². The van der Waals surface area contributed by atoms with Gasteiger partial charge in [0, 0.05) is 50.3 Å². The molecule has 0 spiro atoms. The Morgan fingerprint density at radius 3 is 1.78 bits per heavy atom. The number of fused-ring (bicyclic) bond motifs is 10. The van der Waals surface area contributed by atoms with Gasteiger partial charge in [0.05, 0.1) is 16.6 Å². The molecule has 11 aromatic rings. The summed E-state index contributed by atoms with van der Waals surface area (Å²) in [4.78, 5) is 25.9. The summed E-state index contributed by atoms with van der Waals surface area (Å²) in [6, 6.07) is 48.1. The largest absolute Gasteiger partial charge is 0.278 e. The van der Waals surface area contributed by atoms with E-state index >= 15 is 0 Å². The van der Waals surface area contributed by atoms with E-state index in [1.54, 1.807) is 0 Å². The maximum absolute atomic E-state index is 5.40. The molecule has 0 bridgehead atoms. The number of pyridine rings is 3. The maximum Gasteiger partial charge on any atom is 0.162 e.